The van der Waals surface area contributed by atoms with Crippen molar-refractivity contribution in [3.8, 4) is 0 Å². The first-order chi connectivity index (χ1) is 9.56. The molecule has 0 atom stereocenters. The third-order valence-electron chi connectivity index (χ3n) is 2.64. The first-order valence-corrected chi connectivity index (χ1v) is 5.91. The largest absolute Gasteiger partial charge is 0.399 e. The number of aromatic nitrogens is 2. The highest BCUT2D eigenvalue weighted by Crippen LogP contribution is 2.17. The van der Waals surface area contributed by atoms with E-state index in [1.165, 1.54) is 41.4 Å². The molecule has 2 rings (SSSR count). The number of benzene rings is 1. The van der Waals surface area contributed by atoms with Crippen LogP contribution in [0.25, 0.3) is 0 Å². The summed E-state index contributed by atoms with van der Waals surface area (Å²) >= 11 is 0. The Hall–Kier alpha value is -2.70. The summed E-state index contributed by atoms with van der Waals surface area (Å²) in [5.74, 6) is -0.976. The van der Waals surface area contributed by atoms with Crippen molar-refractivity contribution in [2.75, 3.05) is 11.1 Å². The Bertz CT molecular complexity index is 684. The molecular weight excluding hydrogens is 263 g/mol. The van der Waals surface area contributed by atoms with Crippen molar-refractivity contribution in [2.24, 2.45) is 0 Å². The van der Waals surface area contributed by atoms with Crippen LogP contribution in [-0.2, 0) is 11.3 Å². The fourth-order valence-corrected chi connectivity index (χ4v) is 1.62. The second-order valence-electron chi connectivity index (χ2n) is 4.15. The maximum atomic E-state index is 13.4. The van der Waals surface area contributed by atoms with E-state index < -0.39 is 11.7 Å². The molecular formula is C13H13FN4O2. The number of hydrogen-bond acceptors (Lipinski definition) is 4. The fourth-order valence-electron chi connectivity index (χ4n) is 1.62. The molecule has 0 saturated heterocycles. The standard InChI is InChI=1S/C13H13FN4O2/c14-10-2-1-9(15)7-11(10)17-12(19)4-6-18-8-16-5-3-13(18)20/h1-3,5,7-8H,4,6,15H2,(H,17,19). The minimum atomic E-state index is -0.564. The molecule has 1 heterocycles. The number of carbonyl (C=O) groups is 1. The Kier molecular flexibility index (Phi) is 4.09. The van der Waals surface area contributed by atoms with Gasteiger partial charge in [-0.1, -0.05) is 0 Å². The molecule has 0 aliphatic rings. The molecule has 2 aromatic rings. The van der Waals surface area contributed by atoms with E-state index in [1.54, 1.807) is 0 Å². The van der Waals surface area contributed by atoms with Crippen molar-refractivity contribution in [1.29, 1.82) is 0 Å². The zero-order valence-corrected chi connectivity index (χ0v) is 10.5. The average Bonchev–Trinajstić information content (AvgIpc) is 2.42. The molecule has 0 bridgehead atoms. The Balaban J connectivity index is 1.98. The molecule has 20 heavy (non-hydrogen) atoms. The highest BCUT2D eigenvalue weighted by atomic mass is 19.1. The number of halogens is 1. The van der Waals surface area contributed by atoms with Crippen molar-refractivity contribution in [2.45, 2.75) is 13.0 Å². The summed E-state index contributed by atoms with van der Waals surface area (Å²) in [7, 11) is 0. The molecule has 0 radical (unpaired) electrons. The number of nitrogens with two attached hydrogens (primary N) is 1. The van der Waals surface area contributed by atoms with Crippen LogP contribution in [0, 0.1) is 5.82 Å². The monoisotopic (exact) mass is 276 g/mol. The number of nitrogen functional groups attached to an aromatic ring is 1. The highest BCUT2D eigenvalue weighted by Gasteiger charge is 2.08. The number of nitrogens with one attached hydrogen (secondary N) is 1. The van der Waals surface area contributed by atoms with E-state index >= 15 is 0 Å². The molecule has 0 spiro atoms. The number of aryl methyl sites for hydroxylation is 1. The van der Waals surface area contributed by atoms with Crippen molar-refractivity contribution in [3.05, 3.63) is 53.0 Å². The zero-order valence-electron chi connectivity index (χ0n) is 10.5. The van der Waals surface area contributed by atoms with Crippen molar-refractivity contribution in [1.82, 2.24) is 9.55 Å². The minimum absolute atomic E-state index is 0.0218. The van der Waals surface area contributed by atoms with Crippen LogP contribution in [0.5, 0.6) is 0 Å². The lowest BCUT2D eigenvalue weighted by Crippen LogP contribution is -2.22. The molecule has 6 nitrogen and oxygen atoms in total. The molecule has 1 aromatic carbocycles. The third kappa shape index (κ3) is 3.41. The molecule has 1 amide bonds. The van der Waals surface area contributed by atoms with Crippen molar-refractivity contribution < 1.29 is 9.18 Å². The van der Waals surface area contributed by atoms with Gasteiger partial charge >= 0.3 is 0 Å². The van der Waals surface area contributed by atoms with Gasteiger partial charge in [-0.05, 0) is 18.2 Å². The van der Waals surface area contributed by atoms with Gasteiger partial charge in [0.05, 0.1) is 12.0 Å². The number of anilines is 2. The number of hydrogen-bond donors (Lipinski definition) is 2. The van der Waals surface area contributed by atoms with Crippen LogP contribution in [0.15, 0.2) is 41.6 Å². The molecule has 0 unspecified atom stereocenters. The topological polar surface area (TPSA) is 90.0 Å². The van der Waals surface area contributed by atoms with E-state index in [0.717, 1.165) is 0 Å². The van der Waals surface area contributed by atoms with Gasteiger partial charge in [-0.15, -0.1) is 0 Å². The second kappa shape index (κ2) is 5.96. The molecule has 1 aromatic heterocycles. The van der Waals surface area contributed by atoms with Crippen LogP contribution >= 0.6 is 0 Å². The van der Waals surface area contributed by atoms with Crippen molar-refractivity contribution >= 4 is 17.3 Å². The number of carbonyl (C=O) groups excluding carboxylic acids is 1. The van der Waals surface area contributed by atoms with Crippen molar-refractivity contribution in [3.63, 3.8) is 0 Å². The van der Waals surface area contributed by atoms with E-state index in [2.05, 4.69) is 10.3 Å². The third-order valence-corrected chi connectivity index (χ3v) is 2.64. The predicted molar refractivity (Wildman–Crippen MR) is 72.6 cm³/mol. The molecule has 7 heteroatoms. The lowest BCUT2D eigenvalue weighted by molar-refractivity contribution is -0.116. The van der Waals surface area contributed by atoms with Gasteiger partial charge in [0.25, 0.3) is 5.56 Å². The Labute approximate surface area is 114 Å². The lowest BCUT2D eigenvalue weighted by Gasteiger charge is -2.08. The summed E-state index contributed by atoms with van der Waals surface area (Å²) in [6.07, 6.45) is 2.75. The average molecular weight is 276 g/mol. The SMILES string of the molecule is Nc1ccc(F)c(NC(=O)CCn2cnccc2=O)c1. The van der Waals surface area contributed by atoms with Crippen LogP contribution in [0.4, 0.5) is 15.8 Å². The summed E-state index contributed by atoms with van der Waals surface area (Å²) in [4.78, 5) is 26.9. The fraction of sp³-hybridized carbons (Fsp3) is 0.154. The number of rotatable bonds is 4. The Morgan fingerprint density at radius 2 is 2.20 bits per heavy atom. The summed E-state index contributed by atoms with van der Waals surface area (Å²) in [6.45, 7) is 0.169. The van der Waals surface area contributed by atoms with Gasteiger partial charge in [-0.3, -0.25) is 14.2 Å². The maximum Gasteiger partial charge on any atom is 0.253 e. The highest BCUT2D eigenvalue weighted by molar-refractivity contribution is 5.91. The normalized spacial score (nSPS) is 10.2. The van der Waals surface area contributed by atoms with Crippen LogP contribution in [0.1, 0.15) is 6.42 Å². The van der Waals surface area contributed by atoms with E-state index in [4.69, 9.17) is 5.73 Å². The molecule has 104 valence electrons. The Morgan fingerprint density at radius 3 is 2.95 bits per heavy atom. The first-order valence-electron chi connectivity index (χ1n) is 5.91. The van der Waals surface area contributed by atoms with Gasteiger partial charge in [0.15, 0.2) is 0 Å². The van der Waals surface area contributed by atoms with E-state index in [-0.39, 0.29) is 24.2 Å². The quantitative estimate of drug-likeness (QED) is 0.815. The van der Waals surface area contributed by atoms with E-state index in [1.807, 2.05) is 0 Å². The molecule has 0 aliphatic heterocycles. The molecule has 3 N–H and O–H groups in total. The van der Waals surface area contributed by atoms with Crippen LogP contribution in [0.3, 0.4) is 0 Å². The van der Waals surface area contributed by atoms with Crippen LogP contribution in [-0.4, -0.2) is 15.5 Å². The van der Waals surface area contributed by atoms with E-state index in [9.17, 15) is 14.0 Å². The van der Waals surface area contributed by atoms with Gasteiger partial charge in [0, 0.05) is 30.9 Å². The smallest absolute Gasteiger partial charge is 0.253 e. The van der Waals surface area contributed by atoms with Gasteiger partial charge < -0.3 is 11.1 Å². The molecule has 0 fully saturated rings. The maximum absolute atomic E-state index is 13.4. The summed E-state index contributed by atoms with van der Waals surface area (Å²) in [5, 5.41) is 2.41. The number of amides is 1. The lowest BCUT2D eigenvalue weighted by atomic mass is 10.2. The van der Waals surface area contributed by atoms with Gasteiger partial charge in [-0.25, -0.2) is 9.37 Å². The van der Waals surface area contributed by atoms with Crippen LogP contribution in [0.2, 0.25) is 0 Å². The van der Waals surface area contributed by atoms with Gasteiger partial charge in [0.2, 0.25) is 5.91 Å². The Morgan fingerprint density at radius 1 is 1.40 bits per heavy atom. The van der Waals surface area contributed by atoms with Crippen LogP contribution < -0.4 is 16.6 Å². The molecule has 0 aliphatic carbocycles. The summed E-state index contributed by atoms with van der Waals surface area (Å²) in [5.41, 5.74) is 5.64. The number of nitrogens with zero attached hydrogens (tertiary/aromatic N) is 2. The summed E-state index contributed by atoms with van der Waals surface area (Å²) < 4.78 is 14.7. The zero-order chi connectivity index (χ0) is 14.5. The second-order valence-corrected chi connectivity index (χ2v) is 4.15. The van der Waals surface area contributed by atoms with Gasteiger partial charge in [0.1, 0.15) is 5.82 Å². The first kappa shape index (κ1) is 13.7. The molecule has 0 saturated carbocycles. The van der Waals surface area contributed by atoms with Gasteiger partial charge in [-0.2, -0.15) is 0 Å². The minimum Gasteiger partial charge on any atom is -0.399 e. The predicted octanol–water partition coefficient (Wildman–Crippen LogP) is 0.993. The summed E-state index contributed by atoms with van der Waals surface area (Å²) in [6, 6.07) is 5.22. The van der Waals surface area contributed by atoms with E-state index in [0.29, 0.717) is 5.69 Å².